The van der Waals surface area contributed by atoms with Gasteiger partial charge < -0.3 is 16.0 Å². The molecular weight excluding hydrogens is 178 g/mol. The van der Waals surface area contributed by atoms with Gasteiger partial charge in [0.05, 0.1) is 5.54 Å². The van der Waals surface area contributed by atoms with Crippen LogP contribution in [-0.2, 0) is 4.79 Å². The zero-order valence-electron chi connectivity index (χ0n) is 9.34. The molecular formula is C10H21N3O. The first-order valence-corrected chi connectivity index (χ1v) is 5.24. The van der Waals surface area contributed by atoms with Crippen molar-refractivity contribution in [1.29, 1.82) is 0 Å². The Balaban J connectivity index is 2.41. The first kappa shape index (κ1) is 11.5. The van der Waals surface area contributed by atoms with Crippen LogP contribution in [0.3, 0.4) is 0 Å². The van der Waals surface area contributed by atoms with Gasteiger partial charge in [0.1, 0.15) is 0 Å². The fourth-order valence-electron chi connectivity index (χ4n) is 1.56. The number of nitrogens with zero attached hydrogens (tertiary/aromatic N) is 1. The SMILES string of the molecule is CCC(C)(N)C(=O)NC1CCN(C)C1. The first-order valence-electron chi connectivity index (χ1n) is 5.24. The van der Waals surface area contributed by atoms with Gasteiger partial charge in [-0.3, -0.25) is 4.79 Å². The van der Waals surface area contributed by atoms with Crippen LogP contribution in [-0.4, -0.2) is 42.5 Å². The molecule has 0 aromatic rings. The van der Waals surface area contributed by atoms with Gasteiger partial charge in [-0.2, -0.15) is 0 Å². The summed E-state index contributed by atoms with van der Waals surface area (Å²) in [5, 5.41) is 2.99. The summed E-state index contributed by atoms with van der Waals surface area (Å²) in [5.41, 5.74) is 5.13. The van der Waals surface area contributed by atoms with E-state index in [9.17, 15) is 4.79 Å². The Morgan fingerprint density at radius 2 is 2.36 bits per heavy atom. The summed E-state index contributed by atoms with van der Waals surface area (Å²) in [6, 6.07) is 0.280. The molecule has 14 heavy (non-hydrogen) atoms. The minimum absolute atomic E-state index is 0.0275. The third kappa shape index (κ3) is 2.69. The maximum absolute atomic E-state index is 11.7. The van der Waals surface area contributed by atoms with Gasteiger partial charge in [-0.15, -0.1) is 0 Å². The number of amides is 1. The molecule has 4 nitrogen and oxygen atoms in total. The van der Waals surface area contributed by atoms with Crippen molar-refractivity contribution in [2.75, 3.05) is 20.1 Å². The second-order valence-electron chi connectivity index (χ2n) is 4.49. The van der Waals surface area contributed by atoms with E-state index in [1.807, 2.05) is 6.92 Å². The Labute approximate surface area is 85.8 Å². The number of nitrogens with two attached hydrogens (primary N) is 1. The highest BCUT2D eigenvalue weighted by Crippen LogP contribution is 2.09. The van der Waals surface area contributed by atoms with Crippen molar-refractivity contribution in [3.05, 3.63) is 0 Å². The van der Waals surface area contributed by atoms with Crippen LogP contribution in [0.4, 0.5) is 0 Å². The minimum Gasteiger partial charge on any atom is -0.350 e. The predicted octanol–water partition coefficient (Wildman–Crippen LogP) is -0.0659. The van der Waals surface area contributed by atoms with E-state index in [2.05, 4.69) is 17.3 Å². The Morgan fingerprint density at radius 1 is 1.71 bits per heavy atom. The van der Waals surface area contributed by atoms with E-state index in [1.165, 1.54) is 0 Å². The van der Waals surface area contributed by atoms with E-state index in [-0.39, 0.29) is 11.9 Å². The second kappa shape index (κ2) is 4.28. The lowest BCUT2D eigenvalue weighted by Gasteiger charge is -2.24. The van der Waals surface area contributed by atoms with E-state index in [4.69, 9.17) is 5.73 Å². The molecule has 1 fully saturated rings. The van der Waals surface area contributed by atoms with E-state index in [0.29, 0.717) is 6.42 Å². The van der Waals surface area contributed by atoms with Crippen LogP contribution in [0, 0.1) is 0 Å². The first-order chi connectivity index (χ1) is 6.45. The molecule has 1 amide bonds. The molecule has 1 saturated heterocycles. The molecule has 0 radical (unpaired) electrons. The molecule has 4 heteroatoms. The van der Waals surface area contributed by atoms with Crippen molar-refractivity contribution in [3.8, 4) is 0 Å². The summed E-state index contributed by atoms with van der Waals surface area (Å²) in [7, 11) is 2.06. The van der Waals surface area contributed by atoms with E-state index >= 15 is 0 Å². The van der Waals surface area contributed by atoms with Gasteiger partial charge >= 0.3 is 0 Å². The van der Waals surface area contributed by atoms with Crippen LogP contribution >= 0.6 is 0 Å². The maximum Gasteiger partial charge on any atom is 0.240 e. The zero-order valence-corrected chi connectivity index (χ0v) is 9.34. The molecule has 0 bridgehead atoms. The van der Waals surface area contributed by atoms with Crippen LogP contribution in [0.2, 0.25) is 0 Å². The van der Waals surface area contributed by atoms with Gasteiger partial charge in [-0.05, 0) is 33.4 Å². The largest absolute Gasteiger partial charge is 0.350 e. The fraction of sp³-hybridized carbons (Fsp3) is 0.900. The molecule has 1 aliphatic rings. The molecule has 1 aliphatic heterocycles. The lowest BCUT2D eigenvalue weighted by atomic mass is 9.99. The third-order valence-corrected chi connectivity index (χ3v) is 2.98. The van der Waals surface area contributed by atoms with Crippen LogP contribution in [0.25, 0.3) is 0 Å². The zero-order chi connectivity index (χ0) is 10.8. The lowest BCUT2D eigenvalue weighted by Crippen LogP contribution is -2.54. The lowest BCUT2D eigenvalue weighted by molar-refractivity contribution is -0.126. The van der Waals surface area contributed by atoms with Crippen molar-refractivity contribution in [3.63, 3.8) is 0 Å². The van der Waals surface area contributed by atoms with Gasteiger partial charge in [-0.25, -0.2) is 0 Å². The van der Waals surface area contributed by atoms with Gasteiger partial charge in [-0.1, -0.05) is 6.92 Å². The Kier molecular flexibility index (Phi) is 3.50. The summed E-state index contributed by atoms with van der Waals surface area (Å²) in [6.45, 7) is 5.70. The van der Waals surface area contributed by atoms with Crippen LogP contribution < -0.4 is 11.1 Å². The van der Waals surface area contributed by atoms with Crippen LogP contribution in [0.1, 0.15) is 26.7 Å². The van der Waals surface area contributed by atoms with Gasteiger partial charge in [0.2, 0.25) is 5.91 Å². The Hall–Kier alpha value is -0.610. The van der Waals surface area contributed by atoms with Crippen molar-refractivity contribution in [2.45, 2.75) is 38.3 Å². The number of rotatable bonds is 3. The molecule has 82 valence electrons. The molecule has 2 unspecified atom stereocenters. The normalized spacial score (nSPS) is 27.3. The highest BCUT2D eigenvalue weighted by atomic mass is 16.2. The predicted molar refractivity (Wildman–Crippen MR) is 56.9 cm³/mol. The maximum atomic E-state index is 11.7. The standard InChI is InChI=1S/C10H21N3O/c1-4-10(2,11)9(14)12-8-5-6-13(3)7-8/h8H,4-7,11H2,1-3H3,(H,12,14). The smallest absolute Gasteiger partial charge is 0.240 e. The summed E-state index contributed by atoms with van der Waals surface area (Å²) in [4.78, 5) is 13.9. The van der Waals surface area contributed by atoms with E-state index < -0.39 is 5.54 Å². The summed E-state index contributed by atoms with van der Waals surface area (Å²) in [6.07, 6.45) is 1.70. The summed E-state index contributed by atoms with van der Waals surface area (Å²) >= 11 is 0. The number of carbonyl (C=O) groups is 1. The molecule has 2 atom stereocenters. The number of likely N-dealkylation sites (tertiary alicyclic amines) is 1. The fourth-order valence-corrected chi connectivity index (χ4v) is 1.56. The molecule has 1 heterocycles. The number of hydrogen-bond acceptors (Lipinski definition) is 3. The third-order valence-electron chi connectivity index (χ3n) is 2.98. The molecule has 0 saturated carbocycles. The quantitative estimate of drug-likeness (QED) is 0.669. The Morgan fingerprint density at radius 3 is 2.79 bits per heavy atom. The number of carbonyl (C=O) groups excluding carboxylic acids is 1. The van der Waals surface area contributed by atoms with Crippen molar-refractivity contribution >= 4 is 5.91 Å². The van der Waals surface area contributed by atoms with Crippen molar-refractivity contribution < 1.29 is 4.79 Å². The highest BCUT2D eigenvalue weighted by Gasteiger charge is 2.29. The van der Waals surface area contributed by atoms with Gasteiger partial charge in [0.15, 0.2) is 0 Å². The second-order valence-corrected chi connectivity index (χ2v) is 4.49. The molecule has 0 aromatic heterocycles. The van der Waals surface area contributed by atoms with Crippen LogP contribution in [0.5, 0.6) is 0 Å². The van der Waals surface area contributed by atoms with Crippen molar-refractivity contribution in [2.24, 2.45) is 5.73 Å². The van der Waals surface area contributed by atoms with E-state index in [1.54, 1.807) is 6.92 Å². The number of likely N-dealkylation sites (N-methyl/N-ethyl adjacent to an activating group) is 1. The van der Waals surface area contributed by atoms with Gasteiger partial charge in [0, 0.05) is 12.6 Å². The average Bonchev–Trinajstić information content (AvgIpc) is 2.51. The number of nitrogens with one attached hydrogen (secondary N) is 1. The molecule has 0 spiro atoms. The molecule has 3 N–H and O–H groups in total. The van der Waals surface area contributed by atoms with Gasteiger partial charge in [0.25, 0.3) is 0 Å². The molecule has 0 aliphatic carbocycles. The number of hydrogen-bond donors (Lipinski definition) is 2. The average molecular weight is 199 g/mol. The van der Waals surface area contributed by atoms with E-state index in [0.717, 1.165) is 19.5 Å². The van der Waals surface area contributed by atoms with Crippen molar-refractivity contribution in [1.82, 2.24) is 10.2 Å². The topological polar surface area (TPSA) is 58.4 Å². The monoisotopic (exact) mass is 199 g/mol. The molecule has 0 aromatic carbocycles. The summed E-state index contributed by atoms with van der Waals surface area (Å²) in [5.74, 6) is -0.0275. The summed E-state index contributed by atoms with van der Waals surface area (Å²) < 4.78 is 0. The minimum atomic E-state index is -0.721. The molecule has 1 rings (SSSR count). The highest BCUT2D eigenvalue weighted by molar-refractivity contribution is 5.85. The van der Waals surface area contributed by atoms with Crippen LogP contribution in [0.15, 0.2) is 0 Å². The Bertz CT molecular complexity index is 215.